The zero-order valence-electron chi connectivity index (χ0n) is 11.9. The van der Waals surface area contributed by atoms with Crippen LogP contribution in [0.1, 0.15) is 12.0 Å². The Kier molecular flexibility index (Phi) is 4.45. The van der Waals surface area contributed by atoms with Crippen LogP contribution in [0.4, 0.5) is 0 Å². The fourth-order valence-electron chi connectivity index (χ4n) is 2.71. The monoisotopic (exact) mass is 265 g/mol. The zero-order chi connectivity index (χ0) is 13.9. The van der Waals surface area contributed by atoms with Gasteiger partial charge in [-0.25, -0.2) is 0 Å². The van der Waals surface area contributed by atoms with Gasteiger partial charge in [0.25, 0.3) is 0 Å². The molecule has 4 heteroatoms. The molecule has 19 heavy (non-hydrogen) atoms. The van der Waals surface area contributed by atoms with Crippen molar-refractivity contribution in [2.45, 2.75) is 12.0 Å². The Hall–Kier alpha value is -1.10. The van der Waals surface area contributed by atoms with E-state index >= 15 is 0 Å². The Morgan fingerprint density at radius 2 is 2.26 bits per heavy atom. The SMILES string of the molecule is COc1cccc([C@@]2(O)CCOC[C@H]2CN(C)C)c1. The Labute approximate surface area is 114 Å². The molecular formula is C15H23NO3. The summed E-state index contributed by atoms with van der Waals surface area (Å²) in [4.78, 5) is 2.09. The van der Waals surface area contributed by atoms with E-state index in [0.29, 0.717) is 19.6 Å². The first kappa shape index (κ1) is 14.3. The summed E-state index contributed by atoms with van der Waals surface area (Å²) < 4.78 is 10.8. The van der Waals surface area contributed by atoms with Gasteiger partial charge < -0.3 is 19.5 Å². The molecule has 0 amide bonds. The molecule has 2 rings (SSSR count). The van der Waals surface area contributed by atoms with Crippen LogP contribution in [0.5, 0.6) is 5.75 Å². The van der Waals surface area contributed by atoms with Crippen molar-refractivity contribution in [3.8, 4) is 5.75 Å². The predicted octanol–water partition coefficient (Wildman–Crippen LogP) is 1.48. The van der Waals surface area contributed by atoms with Gasteiger partial charge in [-0.15, -0.1) is 0 Å². The van der Waals surface area contributed by atoms with Crippen molar-refractivity contribution >= 4 is 0 Å². The van der Waals surface area contributed by atoms with Crippen molar-refractivity contribution in [1.29, 1.82) is 0 Å². The van der Waals surface area contributed by atoms with Gasteiger partial charge in [0, 0.05) is 25.5 Å². The molecule has 1 heterocycles. The molecule has 1 aromatic carbocycles. The van der Waals surface area contributed by atoms with Crippen molar-refractivity contribution in [3.05, 3.63) is 29.8 Å². The first-order valence-corrected chi connectivity index (χ1v) is 6.65. The Morgan fingerprint density at radius 3 is 2.95 bits per heavy atom. The highest BCUT2D eigenvalue weighted by Gasteiger charge is 2.41. The molecule has 0 bridgehead atoms. The maximum atomic E-state index is 11.1. The van der Waals surface area contributed by atoms with Gasteiger partial charge in [0.05, 0.1) is 19.3 Å². The summed E-state index contributed by atoms with van der Waals surface area (Å²) in [5.74, 6) is 0.851. The smallest absolute Gasteiger partial charge is 0.119 e. The first-order valence-electron chi connectivity index (χ1n) is 6.65. The number of benzene rings is 1. The summed E-state index contributed by atoms with van der Waals surface area (Å²) in [6, 6.07) is 7.71. The van der Waals surface area contributed by atoms with Crippen LogP contribution in [0.15, 0.2) is 24.3 Å². The van der Waals surface area contributed by atoms with Crippen molar-refractivity contribution in [2.24, 2.45) is 5.92 Å². The summed E-state index contributed by atoms with van der Waals surface area (Å²) in [6.45, 7) is 1.98. The molecule has 0 aliphatic carbocycles. The zero-order valence-corrected chi connectivity index (χ0v) is 11.9. The van der Waals surface area contributed by atoms with Crippen LogP contribution in [0.2, 0.25) is 0 Å². The molecule has 4 nitrogen and oxygen atoms in total. The fraction of sp³-hybridized carbons (Fsp3) is 0.600. The minimum atomic E-state index is -0.836. The molecule has 0 radical (unpaired) electrons. The second-order valence-electron chi connectivity index (χ2n) is 5.44. The number of aliphatic hydroxyl groups is 1. The van der Waals surface area contributed by atoms with Crippen LogP contribution >= 0.6 is 0 Å². The quantitative estimate of drug-likeness (QED) is 0.895. The van der Waals surface area contributed by atoms with Crippen molar-refractivity contribution in [1.82, 2.24) is 4.90 Å². The van der Waals surface area contributed by atoms with Crippen LogP contribution < -0.4 is 4.74 Å². The molecule has 0 saturated carbocycles. The number of rotatable bonds is 4. The highest BCUT2D eigenvalue weighted by molar-refractivity contribution is 5.33. The van der Waals surface area contributed by atoms with Gasteiger partial charge >= 0.3 is 0 Å². The first-order chi connectivity index (χ1) is 9.06. The van der Waals surface area contributed by atoms with Gasteiger partial charge in [0.1, 0.15) is 5.75 Å². The van der Waals surface area contributed by atoms with E-state index in [-0.39, 0.29) is 5.92 Å². The molecule has 0 unspecified atom stereocenters. The van der Waals surface area contributed by atoms with Crippen LogP contribution in [-0.4, -0.2) is 51.0 Å². The maximum Gasteiger partial charge on any atom is 0.119 e. The molecule has 1 aliphatic heterocycles. The molecule has 2 atom stereocenters. The van der Waals surface area contributed by atoms with Gasteiger partial charge in [-0.3, -0.25) is 0 Å². The van der Waals surface area contributed by atoms with E-state index in [2.05, 4.69) is 4.90 Å². The van der Waals surface area contributed by atoms with Gasteiger partial charge in [-0.2, -0.15) is 0 Å². The van der Waals surface area contributed by atoms with Gasteiger partial charge in [-0.05, 0) is 31.8 Å². The fourth-order valence-corrected chi connectivity index (χ4v) is 2.71. The molecule has 1 saturated heterocycles. The average Bonchev–Trinajstić information content (AvgIpc) is 2.41. The lowest BCUT2D eigenvalue weighted by atomic mass is 9.77. The largest absolute Gasteiger partial charge is 0.497 e. The number of hydrogen-bond acceptors (Lipinski definition) is 4. The normalized spacial score (nSPS) is 27.5. The number of nitrogens with zero attached hydrogens (tertiary/aromatic N) is 1. The van der Waals surface area contributed by atoms with Gasteiger partial charge in [0.2, 0.25) is 0 Å². The summed E-state index contributed by atoms with van der Waals surface area (Å²) in [6.07, 6.45) is 0.624. The molecule has 106 valence electrons. The van der Waals surface area contributed by atoms with E-state index in [9.17, 15) is 5.11 Å². The van der Waals surface area contributed by atoms with Gasteiger partial charge in [0.15, 0.2) is 0 Å². The van der Waals surface area contributed by atoms with E-state index in [0.717, 1.165) is 17.9 Å². The van der Waals surface area contributed by atoms with Gasteiger partial charge in [-0.1, -0.05) is 12.1 Å². The molecule has 1 aliphatic rings. The van der Waals surface area contributed by atoms with Crippen LogP contribution in [0.3, 0.4) is 0 Å². The second-order valence-corrected chi connectivity index (χ2v) is 5.44. The van der Waals surface area contributed by atoms with Crippen LogP contribution in [0, 0.1) is 5.92 Å². The molecule has 1 fully saturated rings. The van der Waals surface area contributed by atoms with E-state index < -0.39 is 5.60 Å². The molecule has 0 aromatic heterocycles. The lowest BCUT2D eigenvalue weighted by Gasteiger charge is -2.41. The van der Waals surface area contributed by atoms with E-state index in [1.807, 2.05) is 38.4 Å². The third-order valence-corrected chi connectivity index (χ3v) is 3.78. The predicted molar refractivity (Wildman–Crippen MR) is 74.4 cm³/mol. The Bertz CT molecular complexity index is 422. The molecular weight excluding hydrogens is 242 g/mol. The van der Waals surface area contributed by atoms with E-state index in [4.69, 9.17) is 9.47 Å². The molecule has 1 aromatic rings. The lowest BCUT2D eigenvalue weighted by molar-refractivity contribution is -0.123. The highest BCUT2D eigenvalue weighted by atomic mass is 16.5. The average molecular weight is 265 g/mol. The molecule has 1 N–H and O–H groups in total. The van der Waals surface area contributed by atoms with Crippen LogP contribution in [0.25, 0.3) is 0 Å². The number of methoxy groups -OCH3 is 1. The lowest BCUT2D eigenvalue weighted by Crippen LogP contribution is -2.47. The standard InChI is InChI=1S/C15H23NO3/c1-16(2)10-13-11-19-8-7-15(13,17)12-5-4-6-14(9-12)18-3/h4-6,9,13,17H,7-8,10-11H2,1-3H3/t13-,15+/m1/s1. The Balaban J connectivity index is 2.30. The summed E-state index contributed by atoms with van der Waals surface area (Å²) in [5, 5.41) is 11.1. The Morgan fingerprint density at radius 1 is 1.47 bits per heavy atom. The third-order valence-electron chi connectivity index (χ3n) is 3.78. The minimum absolute atomic E-state index is 0.0726. The van der Waals surface area contributed by atoms with E-state index in [1.165, 1.54) is 0 Å². The van der Waals surface area contributed by atoms with Crippen molar-refractivity contribution in [2.75, 3.05) is 41.0 Å². The summed E-state index contributed by atoms with van der Waals surface area (Å²) in [5.41, 5.74) is 0.0823. The number of ether oxygens (including phenoxy) is 2. The summed E-state index contributed by atoms with van der Waals surface area (Å²) in [7, 11) is 5.67. The second kappa shape index (κ2) is 5.90. The van der Waals surface area contributed by atoms with E-state index in [1.54, 1.807) is 7.11 Å². The summed E-state index contributed by atoms with van der Waals surface area (Å²) >= 11 is 0. The highest BCUT2D eigenvalue weighted by Crippen LogP contribution is 2.38. The number of hydrogen-bond donors (Lipinski definition) is 1. The van der Waals surface area contributed by atoms with Crippen molar-refractivity contribution < 1.29 is 14.6 Å². The van der Waals surface area contributed by atoms with Crippen molar-refractivity contribution in [3.63, 3.8) is 0 Å². The maximum absolute atomic E-state index is 11.1. The topological polar surface area (TPSA) is 41.9 Å². The van der Waals surface area contributed by atoms with Crippen LogP contribution in [-0.2, 0) is 10.3 Å². The third kappa shape index (κ3) is 3.08. The molecule has 0 spiro atoms. The minimum Gasteiger partial charge on any atom is -0.497 e.